The van der Waals surface area contributed by atoms with Crippen LogP contribution in [0, 0.1) is 0 Å². The largest absolute Gasteiger partial charge is 0.462 e. The lowest BCUT2D eigenvalue weighted by Gasteiger charge is -2.27. The van der Waals surface area contributed by atoms with Gasteiger partial charge in [0.1, 0.15) is 5.57 Å². The van der Waals surface area contributed by atoms with Crippen LogP contribution in [0.3, 0.4) is 0 Å². The predicted octanol–water partition coefficient (Wildman–Crippen LogP) is 1.63. The minimum absolute atomic E-state index is 0.0361. The van der Waals surface area contributed by atoms with E-state index in [1.165, 1.54) is 0 Å². The number of nitrogens with two attached hydrogens (primary N) is 1. The molecule has 0 amide bonds. The van der Waals surface area contributed by atoms with Gasteiger partial charge in [-0.05, 0) is 18.6 Å². The Hall–Kier alpha value is -2.71. The Morgan fingerprint density at radius 3 is 2.73 bits per heavy atom. The average molecular weight is 398 g/mol. The number of benzene rings is 1. The van der Waals surface area contributed by atoms with Gasteiger partial charge >= 0.3 is 11.7 Å². The minimum Gasteiger partial charge on any atom is -0.462 e. The fourth-order valence-corrected chi connectivity index (χ4v) is 3.17. The van der Waals surface area contributed by atoms with Crippen molar-refractivity contribution in [3.8, 4) is 5.88 Å². The van der Waals surface area contributed by atoms with Gasteiger partial charge in [-0.25, -0.2) is 9.59 Å². The lowest BCUT2D eigenvalue weighted by molar-refractivity contribution is -0.139. The zero-order valence-electron chi connectivity index (χ0n) is 13.4. The van der Waals surface area contributed by atoms with Crippen molar-refractivity contribution in [1.29, 1.82) is 0 Å². The van der Waals surface area contributed by atoms with Gasteiger partial charge in [-0.15, -0.1) is 0 Å². The van der Waals surface area contributed by atoms with Crippen LogP contribution >= 0.6 is 23.2 Å². The summed E-state index contributed by atoms with van der Waals surface area (Å²) < 4.78 is 10.3. The second-order valence-corrected chi connectivity index (χ2v) is 6.11. The van der Waals surface area contributed by atoms with Crippen LogP contribution in [0.5, 0.6) is 5.88 Å². The average Bonchev–Trinajstić information content (AvgIpc) is 2.56. The standard InChI is InChI=1S/C16H13Cl2N3O5/c1-2-25-15(23)9-8(6-4-3-5-7(17)11(6)18)10-13(22)20-16(24)21-14(10)26-12(9)19/h3-5,8H,2,19H2,1H3,(H2,20,21,22,24)/t8-/m1/s1. The van der Waals surface area contributed by atoms with E-state index in [4.69, 9.17) is 38.4 Å². The highest BCUT2D eigenvalue weighted by Gasteiger charge is 2.39. The number of carbonyl (C=O) groups excluding carboxylic acids is 1. The van der Waals surface area contributed by atoms with E-state index < -0.39 is 23.1 Å². The lowest BCUT2D eigenvalue weighted by Crippen LogP contribution is -2.35. The number of H-pyrrole nitrogens is 2. The summed E-state index contributed by atoms with van der Waals surface area (Å²) in [5, 5.41) is 0.354. The molecule has 1 aliphatic rings. The number of fused-ring (bicyclic) bond motifs is 1. The number of aromatic amines is 2. The molecule has 10 heteroatoms. The maximum atomic E-state index is 12.5. The van der Waals surface area contributed by atoms with Crippen molar-refractivity contribution in [2.24, 2.45) is 5.73 Å². The van der Waals surface area contributed by atoms with Crippen molar-refractivity contribution in [3.63, 3.8) is 0 Å². The maximum Gasteiger partial charge on any atom is 0.340 e. The number of esters is 1. The fraction of sp³-hybridized carbons (Fsp3) is 0.188. The van der Waals surface area contributed by atoms with Gasteiger partial charge in [-0.2, -0.15) is 0 Å². The van der Waals surface area contributed by atoms with Gasteiger partial charge in [-0.1, -0.05) is 35.3 Å². The normalized spacial score (nSPS) is 16.0. The first-order valence-corrected chi connectivity index (χ1v) is 8.25. The molecule has 1 aromatic carbocycles. The lowest BCUT2D eigenvalue weighted by atomic mass is 9.84. The molecule has 4 N–H and O–H groups in total. The zero-order chi connectivity index (χ0) is 19.0. The molecule has 0 aliphatic carbocycles. The summed E-state index contributed by atoms with van der Waals surface area (Å²) in [7, 11) is 0. The molecular weight excluding hydrogens is 385 g/mol. The van der Waals surface area contributed by atoms with Crippen molar-refractivity contribution in [2.45, 2.75) is 12.8 Å². The highest BCUT2D eigenvalue weighted by molar-refractivity contribution is 6.42. The number of hydrogen-bond donors (Lipinski definition) is 3. The minimum atomic E-state index is -1.04. The second kappa shape index (κ2) is 6.89. The van der Waals surface area contributed by atoms with Crippen LogP contribution in [0.2, 0.25) is 10.0 Å². The van der Waals surface area contributed by atoms with Gasteiger partial charge in [0, 0.05) is 0 Å². The molecule has 0 spiro atoms. The molecule has 2 heterocycles. The molecule has 2 aromatic rings. The van der Waals surface area contributed by atoms with Crippen molar-refractivity contribution in [2.75, 3.05) is 6.61 Å². The van der Waals surface area contributed by atoms with Crippen LogP contribution in [0.1, 0.15) is 24.0 Å². The summed E-state index contributed by atoms with van der Waals surface area (Å²) in [5.74, 6) is -2.30. The fourth-order valence-electron chi connectivity index (χ4n) is 2.75. The Morgan fingerprint density at radius 2 is 2.04 bits per heavy atom. The number of hydrogen-bond acceptors (Lipinski definition) is 6. The number of aromatic nitrogens is 2. The van der Waals surface area contributed by atoms with E-state index in [1.807, 2.05) is 0 Å². The van der Waals surface area contributed by atoms with E-state index in [1.54, 1.807) is 25.1 Å². The molecule has 3 rings (SSSR count). The molecule has 1 atom stereocenters. The molecule has 0 fully saturated rings. The molecule has 26 heavy (non-hydrogen) atoms. The Labute approximate surface area is 156 Å². The van der Waals surface area contributed by atoms with Crippen LogP contribution < -0.4 is 21.7 Å². The molecule has 0 saturated heterocycles. The highest BCUT2D eigenvalue weighted by Crippen LogP contribution is 2.43. The van der Waals surface area contributed by atoms with E-state index in [0.29, 0.717) is 5.56 Å². The van der Waals surface area contributed by atoms with Crippen LogP contribution in [0.4, 0.5) is 0 Å². The van der Waals surface area contributed by atoms with Gasteiger partial charge in [0.15, 0.2) is 0 Å². The summed E-state index contributed by atoms with van der Waals surface area (Å²) in [6.07, 6.45) is 0. The molecule has 0 radical (unpaired) electrons. The summed E-state index contributed by atoms with van der Waals surface area (Å²) in [5.41, 5.74) is 4.55. The second-order valence-electron chi connectivity index (χ2n) is 5.33. The summed E-state index contributed by atoms with van der Waals surface area (Å²) in [6, 6.07) is 4.75. The Morgan fingerprint density at radius 1 is 1.31 bits per heavy atom. The molecule has 0 bridgehead atoms. The van der Waals surface area contributed by atoms with E-state index in [9.17, 15) is 14.4 Å². The van der Waals surface area contributed by atoms with E-state index in [0.717, 1.165) is 0 Å². The van der Waals surface area contributed by atoms with Gasteiger partial charge in [0.05, 0.1) is 28.1 Å². The topological polar surface area (TPSA) is 127 Å². The molecule has 0 saturated carbocycles. The predicted molar refractivity (Wildman–Crippen MR) is 94.5 cm³/mol. The zero-order valence-corrected chi connectivity index (χ0v) is 14.9. The van der Waals surface area contributed by atoms with Crippen molar-refractivity contribution >= 4 is 29.2 Å². The van der Waals surface area contributed by atoms with Gasteiger partial charge in [-0.3, -0.25) is 14.8 Å². The van der Waals surface area contributed by atoms with Crippen molar-refractivity contribution in [1.82, 2.24) is 9.97 Å². The summed E-state index contributed by atoms with van der Waals surface area (Å²) in [6.45, 7) is 1.71. The first-order valence-electron chi connectivity index (χ1n) is 7.50. The Balaban J connectivity index is 2.35. The van der Waals surface area contributed by atoms with Crippen LogP contribution in [0.15, 0.2) is 39.2 Å². The third-order valence-corrected chi connectivity index (χ3v) is 4.62. The summed E-state index contributed by atoms with van der Waals surface area (Å²) >= 11 is 12.4. The molecule has 136 valence electrons. The van der Waals surface area contributed by atoms with Crippen molar-refractivity contribution < 1.29 is 14.3 Å². The van der Waals surface area contributed by atoms with Gasteiger partial charge in [0.2, 0.25) is 11.8 Å². The van der Waals surface area contributed by atoms with Crippen LogP contribution in [-0.4, -0.2) is 22.5 Å². The highest BCUT2D eigenvalue weighted by atomic mass is 35.5. The van der Waals surface area contributed by atoms with E-state index >= 15 is 0 Å². The molecule has 1 aromatic heterocycles. The smallest absolute Gasteiger partial charge is 0.340 e. The number of ether oxygens (including phenoxy) is 2. The van der Waals surface area contributed by atoms with Gasteiger partial charge < -0.3 is 15.2 Å². The number of halogens is 2. The quantitative estimate of drug-likeness (QED) is 0.675. The molecule has 1 aliphatic heterocycles. The molecular formula is C16H13Cl2N3O5. The third-order valence-electron chi connectivity index (χ3n) is 3.79. The number of carbonyl (C=O) groups is 1. The van der Waals surface area contributed by atoms with Crippen LogP contribution in [0.25, 0.3) is 0 Å². The Bertz CT molecular complexity index is 1040. The maximum absolute atomic E-state index is 12.5. The van der Waals surface area contributed by atoms with Gasteiger partial charge in [0.25, 0.3) is 5.56 Å². The van der Waals surface area contributed by atoms with Crippen LogP contribution in [-0.2, 0) is 9.53 Å². The van der Waals surface area contributed by atoms with Crippen molar-refractivity contribution in [3.05, 3.63) is 71.7 Å². The Kier molecular flexibility index (Phi) is 4.80. The SMILES string of the molecule is CCOC(=O)C1=C(N)Oc2[nH]c(=O)[nH]c(=O)c2[C@@H]1c1cccc(Cl)c1Cl. The first kappa shape index (κ1) is 18.1. The van der Waals surface area contributed by atoms with E-state index in [2.05, 4.69) is 9.97 Å². The number of nitrogens with one attached hydrogen (secondary N) is 2. The molecule has 0 unspecified atom stereocenters. The number of rotatable bonds is 3. The first-order chi connectivity index (χ1) is 12.3. The van der Waals surface area contributed by atoms with E-state index in [-0.39, 0.29) is 39.6 Å². The third kappa shape index (κ3) is 2.97. The summed E-state index contributed by atoms with van der Waals surface area (Å²) in [4.78, 5) is 40.9. The molecule has 8 nitrogen and oxygen atoms in total. The monoisotopic (exact) mass is 397 g/mol.